The molecule has 1 saturated heterocycles. The van der Waals surface area contributed by atoms with E-state index in [1.54, 1.807) is 12.5 Å². The Labute approximate surface area is 184 Å². The number of benzene rings is 1. The number of carbonyl (C=O) groups is 1. The number of amides is 1. The molecule has 162 valence electrons. The second kappa shape index (κ2) is 7.44. The molecule has 0 radical (unpaired) electrons. The van der Waals surface area contributed by atoms with Gasteiger partial charge in [-0.3, -0.25) is 9.89 Å². The zero-order chi connectivity index (χ0) is 21.7. The number of anilines is 2. The van der Waals surface area contributed by atoms with E-state index < -0.39 is 0 Å². The van der Waals surface area contributed by atoms with Crippen LogP contribution in [0.2, 0.25) is 0 Å². The lowest BCUT2D eigenvalue weighted by Crippen LogP contribution is -2.37. The van der Waals surface area contributed by atoms with Crippen LogP contribution >= 0.6 is 0 Å². The number of rotatable bonds is 4. The molecule has 0 spiro atoms. The van der Waals surface area contributed by atoms with Crippen LogP contribution in [0.5, 0.6) is 0 Å². The van der Waals surface area contributed by atoms with Crippen LogP contribution in [0, 0.1) is 5.92 Å². The predicted molar refractivity (Wildman–Crippen MR) is 121 cm³/mol. The molecule has 1 amide bonds. The molecular weight excluding hydrogens is 404 g/mol. The van der Waals surface area contributed by atoms with Crippen molar-refractivity contribution in [2.75, 3.05) is 23.3 Å². The number of piperidine rings is 1. The number of carbonyl (C=O) groups excluding carboxylic acids is 1. The molecule has 0 saturated carbocycles. The van der Waals surface area contributed by atoms with Crippen LogP contribution in [0.25, 0.3) is 22.6 Å². The number of para-hydroxylation sites is 1. The second-order valence-electron chi connectivity index (χ2n) is 8.41. The average Bonchev–Trinajstić information content (AvgIpc) is 3.55. The standard InChI is InChI=1S/C23H24N8O/c1-2-31-20(15-11-26-27-12-15)29-19-21(24-13-25-22(19)31)30-9-7-14(8-10-30)18-16-5-3-4-6-17(16)28-23(18)32/h3-6,11-14,18H,2,7-10H2,1H3,(H,26,27)(H,28,32). The summed E-state index contributed by atoms with van der Waals surface area (Å²) in [6.07, 6.45) is 7.10. The highest BCUT2D eigenvalue weighted by atomic mass is 16.2. The molecule has 2 aliphatic rings. The number of hydrogen-bond donors (Lipinski definition) is 2. The summed E-state index contributed by atoms with van der Waals surface area (Å²) in [5, 5.41) is 9.98. The normalized spacial score (nSPS) is 18.8. The fourth-order valence-electron chi connectivity index (χ4n) is 5.20. The number of nitrogens with one attached hydrogen (secondary N) is 2. The van der Waals surface area contributed by atoms with Crippen molar-refractivity contribution in [1.29, 1.82) is 0 Å². The number of aromatic amines is 1. The molecule has 1 atom stereocenters. The Morgan fingerprint density at radius 2 is 2.00 bits per heavy atom. The van der Waals surface area contributed by atoms with Crippen LogP contribution in [0.1, 0.15) is 31.2 Å². The van der Waals surface area contributed by atoms with Crippen molar-refractivity contribution in [2.45, 2.75) is 32.2 Å². The molecule has 3 aromatic heterocycles. The highest BCUT2D eigenvalue weighted by Gasteiger charge is 2.38. The zero-order valence-electron chi connectivity index (χ0n) is 17.8. The average molecular weight is 429 g/mol. The fraction of sp³-hybridized carbons (Fsp3) is 0.348. The first kappa shape index (κ1) is 19.0. The maximum absolute atomic E-state index is 12.7. The highest BCUT2D eigenvalue weighted by molar-refractivity contribution is 6.03. The molecule has 4 aromatic rings. The molecule has 0 bridgehead atoms. The van der Waals surface area contributed by atoms with Crippen LogP contribution in [-0.4, -0.2) is 48.7 Å². The van der Waals surface area contributed by atoms with E-state index in [1.165, 1.54) is 0 Å². The van der Waals surface area contributed by atoms with E-state index in [-0.39, 0.29) is 11.8 Å². The van der Waals surface area contributed by atoms with Crippen molar-refractivity contribution in [3.05, 3.63) is 48.5 Å². The van der Waals surface area contributed by atoms with Gasteiger partial charge in [-0.1, -0.05) is 18.2 Å². The second-order valence-corrected chi connectivity index (χ2v) is 8.41. The van der Waals surface area contributed by atoms with Crippen LogP contribution in [0.4, 0.5) is 11.5 Å². The first-order chi connectivity index (χ1) is 15.7. The van der Waals surface area contributed by atoms with Crippen molar-refractivity contribution >= 4 is 28.6 Å². The number of aryl methyl sites for hydroxylation is 1. The minimum atomic E-state index is -0.0641. The van der Waals surface area contributed by atoms with E-state index in [1.807, 2.05) is 24.4 Å². The Morgan fingerprint density at radius 3 is 2.78 bits per heavy atom. The topological polar surface area (TPSA) is 105 Å². The van der Waals surface area contributed by atoms with Gasteiger partial charge < -0.3 is 14.8 Å². The molecular formula is C23H24N8O. The van der Waals surface area contributed by atoms with E-state index in [4.69, 9.17) is 4.98 Å². The van der Waals surface area contributed by atoms with Gasteiger partial charge in [0.05, 0.1) is 17.7 Å². The van der Waals surface area contributed by atoms with Gasteiger partial charge in [0, 0.05) is 31.5 Å². The van der Waals surface area contributed by atoms with Crippen LogP contribution in [0.15, 0.2) is 43.0 Å². The third kappa shape index (κ3) is 2.88. The number of H-pyrrole nitrogens is 1. The van der Waals surface area contributed by atoms with Gasteiger partial charge in [-0.2, -0.15) is 5.10 Å². The van der Waals surface area contributed by atoms with Gasteiger partial charge in [-0.05, 0) is 37.3 Å². The number of nitrogens with zero attached hydrogens (tertiary/aromatic N) is 6. The van der Waals surface area contributed by atoms with E-state index in [2.05, 4.69) is 47.9 Å². The third-order valence-corrected chi connectivity index (χ3v) is 6.73. The number of hydrogen-bond acceptors (Lipinski definition) is 6. The first-order valence-electron chi connectivity index (χ1n) is 11.1. The van der Waals surface area contributed by atoms with Gasteiger partial charge in [0.2, 0.25) is 5.91 Å². The number of fused-ring (bicyclic) bond motifs is 2. The molecule has 5 heterocycles. The Hall–Kier alpha value is -3.75. The molecule has 1 unspecified atom stereocenters. The summed E-state index contributed by atoms with van der Waals surface area (Å²) in [6, 6.07) is 8.05. The van der Waals surface area contributed by atoms with Gasteiger partial charge in [0.1, 0.15) is 12.2 Å². The molecule has 9 nitrogen and oxygen atoms in total. The molecule has 1 fully saturated rings. The van der Waals surface area contributed by atoms with E-state index >= 15 is 0 Å². The van der Waals surface area contributed by atoms with Gasteiger partial charge >= 0.3 is 0 Å². The quantitative estimate of drug-likeness (QED) is 0.517. The summed E-state index contributed by atoms with van der Waals surface area (Å²) < 4.78 is 2.10. The molecule has 2 N–H and O–H groups in total. The van der Waals surface area contributed by atoms with Gasteiger partial charge in [0.15, 0.2) is 17.0 Å². The van der Waals surface area contributed by atoms with Crippen molar-refractivity contribution in [1.82, 2.24) is 29.7 Å². The Morgan fingerprint density at radius 1 is 1.16 bits per heavy atom. The van der Waals surface area contributed by atoms with Crippen LogP contribution < -0.4 is 10.2 Å². The predicted octanol–water partition coefficient (Wildman–Crippen LogP) is 3.19. The largest absolute Gasteiger partial charge is 0.355 e. The monoisotopic (exact) mass is 428 g/mol. The summed E-state index contributed by atoms with van der Waals surface area (Å²) >= 11 is 0. The van der Waals surface area contributed by atoms with Crippen molar-refractivity contribution in [3.63, 3.8) is 0 Å². The van der Waals surface area contributed by atoms with Crippen LogP contribution in [0.3, 0.4) is 0 Å². The van der Waals surface area contributed by atoms with Gasteiger partial charge in [0.25, 0.3) is 0 Å². The Bertz CT molecular complexity index is 1290. The summed E-state index contributed by atoms with van der Waals surface area (Å²) in [5.41, 5.74) is 4.67. The van der Waals surface area contributed by atoms with Crippen LogP contribution in [-0.2, 0) is 11.3 Å². The number of imidazole rings is 1. The SMILES string of the molecule is CCn1c(-c2cn[nH]c2)nc2c(N3CCC(C4C(=O)Nc5ccccc54)CC3)ncnc21. The van der Waals surface area contributed by atoms with E-state index in [0.29, 0.717) is 5.92 Å². The van der Waals surface area contributed by atoms with Crippen molar-refractivity contribution < 1.29 is 4.79 Å². The van der Waals surface area contributed by atoms with Crippen molar-refractivity contribution in [2.24, 2.45) is 5.92 Å². The first-order valence-corrected chi connectivity index (χ1v) is 11.1. The zero-order valence-corrected chi connectivity index (χ0v) is 17.8. The Balaban J connectivity index is 1.29. The molecule has 0 aliphatic carbocycles. The molecule has 2 aliphatic heterocycles. The Kier molecular flexibility index (Phi) is 4.41. The summed E-state index contributed by atoms with van der Waals surface area (Å²) in [6.45, 7) is 4.51. The third-order valence-electron chi connectivity index (χ3n) is 6.73. The lowest BCUT2D eigenvalue weighted by atomic mass is 9.81. The molecule has 9 heteroatoms. The lowest BCUT2D eigenvalue weighted by Gasteiger charge is -2.34. The smallest absolute Gasteiger partial charge is 0.232 e. The highest BCUT2D eigenvalue weighted by Crippen LogP contribution is 2.42. The fourth-order valence-corrected chi connectivity index (χ4v) is 5.20. The maximum Gasteiger partial charge on any atom is 0.232 e. The van der Waals surface area contributed by atoms with Gasteiger partial charge in [-0.25, -0.2) is 15.0 Å². The summed E-state index contributed by atoms with van der Waals surface area (Å²) in [5.74, 6) is 2.09. The minimum absolute atomic E-state index is 0.0641. The minimum Gasteiger partial charge on any atom is -0.355 e. The number of aromatic nitrogens is 6. The molecule has 6 rings (SSSR count). The van der Waals surface area contributed by atoms with Crippen molar-refractivity contribution in [3.8, 4) is 11.4 Å². The van der Waals surface area contributed by atoms with Gasteiger partial charge in [-0.15, -0.1) is 0 Å². The maximum atomic E-state index is 12.7. The molecule has 1 aromatic carbocycles. The summed E-state index contributed by atoms with van der Waals surface area (Å²) in [7, 11) is 0. The van der Waals surface area contributed by atoms with E-state index in [9.17, 15) is 4.79 Å². The summed E-state index contributed by atoms with van der Waals surface area (Å²) in [4.78, 5) is 29.0. The molecule has 32 heavy (non-hydrogen) atoms. The lowest BCUT2D eigenvalue weighted by molar-refractivity contribution is -0.118. The van der Waals surface area contributed by atoms with E-state index in [0.717, 1.165) is 72.1 Å².